The Balaban J connectivity index is 1.63. The summed E-state index contributed by atoms with van der Waals surface area (Å²) >= 11 is 0. The molecule has 0 saturated carbocycles. The van der Waals surface area contributed by atoms with Crippen molar-refractivity contribution in [1.29, 1.82) is 0 Å². The summed E-state index contributed by atoms with van der Waals surface area (Å²) in [4.78, 5) is 15.3. The lowest BCUT2D eigenvalue weighted by Crippen LogP contribution is -2.37. The standard InChI is InChI=1S/C15H18F3N5O2/c16-15(17,18)13(24)19-9-5-1-2-6-10-20-14-21-11-7-3-4-8-12(11)23(25)22-14/h3-4,7-8H,1-2,5-6,9-10H2,(H,19,24)(H,20,21,22). The monoisotopic (exact) mass is 357 g/mol. The SMILES string of the molecule is O=C(NCCCCCCNc1nc2ccccc2[n+]([O-])n1)C(F)(F)F. The average molecular weight is 357 g/mol. The first-order valence-electron chi connectivity index (χ1n) is 7.83. The zero-order valence-corrected chi connectivity index (χ0v) is 13.3. The van der Waals surface area contributed by atoms with Crippen molar-refractivity contribution < 1.29 is 22.8 Å². The molecule has 0 spiro atoms. The minimum absolute atomic E-state index is 0.00423. The van der Waals surface area contributed by atoms with Crippen LogP contribution in [-0.2, 0) is 4.79 Å². The van der Waals surface area contributed by atoms with Gasteiger partial charge >= 0.3 is 12.1 Å². The number of aromatic nitrogens is 3. The maximum absolute atomic E-state index is 12.0. The lowest BCUT2D eigenvalue weighted by molar-refractivity contribution is -0.641. The van der Waals surface area contributed by atoms with Crippen molar-refractivity contribution in [3.05, 3.63) is 29.5 Å². The number of nitrogens with one attached hydrogen (secondary N) is 2. The fourth-order valence-electron chi connectivity index (χ4n) is 2.18. The molecule has 0 fully saturated rings. The van der Waals surface area contributed by atoms with Gasteiger partial charge in [0.05, 0.1) is 5.10 Å². The number of rotatable bonds is 8. The zero-order valence-electron chi connectivity index (χ0n) is 13.3. The van der Waals surface area contributed by atoms with Crippen molar-refractivity contribution in [2.45, 2.75) is 31.9 Å². The van der Waals surface area contributed by atoms with Gasteiger partial charge in [-0.05, 0) is 23.8 Å². The summed E-state index contributed by atoms with van der Waals surface area (Å²) in [6.07, 6.45) is -2.18. The highest BCUT2D eigenvalue weighted by Gasteiger charge is 2.38. The summed E-state index contributed by atoms with van der Waals surface area (Å²) < 4.78 is 35.9. The summed E-state index contributed by atoms with van der Waals surface area (Å²) in [6, 6.07) is 6.84. The number of amides is 1. The molecule has 2 N–H and O–H groups in total. The number of nitrogens with zero attached hydrogens (tertiary/aromatic N) is 3. The van der Waals surface area contributed by atoms with E-state index < -0.39 is 12.1 Å². The van der Waals surface area contributed by atoms with Crippen LogP contribution in [0.3, 0.4) is 0 Å². The van der Waals surface area contributed by atoms with Crippen LogP contribution in [0.25, 0.3) is 11.0 Å². The number of carbonyl (C=O) groups excluding carboxylic acids is 1. The quantitative estimate of drug-likeness (QED) is 0.428. The number of unbranched alkanes of at least 4 members (excludes halogenated alkanes) is 3. The number of fused-ring (bicyclic) bond motifs is 1. The van der Waals surface area contributed by atoms with Gasteiger partial charge in [-0.25, -0.2) is 4.98 Å². The molecular formula is C15H18F3N5O2. The van der Waals surface area contributed by atoms with E-state index in [1.807, 2.05) is 5.32 Å². The van der Waals surface area contributed by atoms with Crippen LogP contribution in [-0.4, -0.2) is 35.3 Å². The van der Waals surface area contributed by atoms with E-state index in [0.717, 1.165) is 12.8 Å². The molecule has 0 saturated heterocycles. The number of alkyl halides is 3. The van der Waals surface area contributed by atoms with E-state index in [9.17, 15) is 23.2 Å². The predicted molar refractivity (Wildman–Crippen MR) is 84.5 cm³/mol. The van der Waals surface area contributed by atoms with Gasteiger partial charge in [0.2, 0.25) is 0 Å². The predicted octanol–water partition coefficient (Wildman–Crippen LogP) is 1.91. The van der Waals surface area contributed by atoms with Gasteiger partial charge in [-0.1, -0.05) is 25.0 Å². The van der Waals surface area contributed by atoms with Crippen LogP contribution in [0.1, 0.15) is 25.7 Å². The smallest absolute Gasteiger partial charge is 0.471 e. The molecular weight excluding hydrogens is 339 g/mol. The minimum Gasteiger partial charge on any atom is -0.594 e. The molecule has 1 aromatic heterocycles. The van der Waals surface area contributed by atoms with Crippen LogP contribution in [0.15, 0.2) is 24.3 Å². The van der Waals surface area contributed by atoms with Crippen molar-refractivity contribution in [2.75, 3.05) is 18.4 Å². The Morgan fingerprint density at radius 2 is 1.80 bits per heavy atom. The van der Waals surface area contributed by atoms with Gasteiger partial charge in [-0.3, -0.25) is 4.79 Å². The summed E-state index contributed by atoms with van der Waals surface area (Å²) in [6.45, 7) is 0.531. The second-order valence-electron chi connectivity index (χ2n) is 5.39. The second kappa shape index (κ2) is 8.45. The molecule has 0 aliphatic heterocycles. The van der Waals surface area contributed by atoms with Crippen LogP contribution < -0.4 is 15.5 Å². The molecule has 0 unspecified atom stereocenters. The molecule has 0 bridgehead atoms. The fourth-order valence-corrected chi connectivity index (χ4v) is 2.18. The minimum atomic E-state index is -4.83. The van der Waals surface area contributed by atoms with Crippen molar-refractivity contribution >= 4 is 22.9 Å². The van der Waals surface area contributed by atoms with E-state index in [0.29, 0.717) is 35.3 Å². The van der Waals surface area contributed by atoms with Gasteiger partial charge in [-0.2, -0.15) is 13.2 Å². The topological polar surface area (TPSA) is 93.9 Å². The molecule has 25 heavy (non-hydrogen) atoms. The van der Waals surface area contributed by atoms with Crippen molar-refractivity contribution in [1.82, 2.24) is 15.4 Å². The Kier molecular flexibility index (Phi) is 6.31. The normalized spacial score (nSPS) is 11.5. The second-order valence-corrected chi connectivity index (χ2v) is 5.39. The first-order valence-corrected chi connectivity index (χ1v) is 7.83. The summed E-state index contributed by atoms with van der Waals surface area (Å²) in [5, 5.41) is 20.3. The zero-order chi connectivity index (χ0) is 18.3. The van der Waals surface area contributed by atoms with Crippen LogP contribution >= 0.6 is 0 Å². The van der Waals surface area contributed by atoms with Crippen molar-refractivity contribution in [3.8, 4) is 0 Å². The average Bonchev–Trinajstić information content (AvgIpc) is 2.56. The Labute approximate surface area is 141 Å². The summed E-state index contributed by atoms with van der Waals surface area (Å²) in [5.74, 6) is -1.68. The molecule has 10 heteroatoms. The van der Waals surface area contributed by atoms with E-state index in [1.54, 1.807) is 24.3 Å². The number of carbonyl (C=O) groups is 1. The third-order valence-electron chi connectivity index (χ3n) is 3.43. The third-order valence-corrected chi connectivity index (χ3v) is 3.43. The maximum atomic E-state index is 12.0. The molecule has 1 heterocycles. The van der Waals surface area contributed by atoms with E-state index in [-0.39, 0.29) is 12.5 Å². The largest absolute Gasteiger partial charge is 0.594 e. The van der Waals surface area contributed by atoms with Gasteiger partial charge in [-0.15, -0.1) is 0 Å². The lowest BCUT2D eigenvalue weighted by atomic mass is 10.2. The molecule has 1 amide bonds. The molecule has 0 radical (unpaired) electrons. The summed E-state index contributed by atoms with van der Waals surface area (Å²) in [5.41, 5.74) is 0.921. The third kappa shape index (κ3) is 5.73. The van der Waals surface area contributed by atoms with Crippen LogP contribution in [0, 0.1) is 5.21 Å². The fraction of sp³-hybridized carbons (Fsp3) is 0.467. The molecule has 2 aromatic rings. The Hall–Kier alpha value is -2.65. The van der Waals surface area contributed by atoms with E-state index in [1.165, 1.54) is 0 Å². The molecule has 0 aliphatic rings. The number of para-hydroxylation sites is 2. The molecule has 0 atom stereocenters. The first-order chi connectivity index (χ1) is 11.9. The van der Waals surface area contributed by atoms with Gasteiger partial charge < -0.3 is 15.8 Å². The molecule has 0 aliphatic carbocycles. The molecule has 2 rings (SSSR count). The van der Waals surface area contributed by atoms with Gasteiger partial charge in [0.25, 0.3) is 11.5 Å². The maximum Gasteiger partial charge on any atom is 0.471 e. The van der Waals surface area contributed by atoms with Gasteiger partial charge in [0.15, 0.2) is 0 Å². The van der Waals surface area contributed by atoms with Crippen LogP contribution in [0.5, 0.6) is 0 Å². The Bertz CT molecular complexity index is 724. The van der Waals surface area contributed by atoms with Gasteiger partial charge in [0.1, 0.15) is 5.52 Å². The van der Waals surface area contributed by atoms with Crippen molar-refractivity contribution in [3.63, 3.8) is 0 Å². The first kappa shape index (κ1) is 18.7. The summed E-state index contributed by atoms with van der Waals surface area (Å²) in [7, 11) is 0. The number of benzene rings is 1. The number of anilines is 1. The van der Waals surface area contributed by atoms with E-state index in [4.69, 9.17) is 0 Å². The van der Waals surface area contributed by atoms with E-state index >= 15 is 0 Å². The highest BCUT2D eigenvalue weighted by atomic mass is 19.4. The number of hydrogen-bond acceptors (Lipinski definition) is 5. The van der Waals surface area contributed by atoms with Gasteiger partial charge in [0, 0.05) is 19.2 Å². The molecule has 1 aromatic carbocycles. The van der Waals surface area contributed by atoms with Crippen molar-refractivity contribution in [2.24, 2.45) is 0 Å². The molecule has 7 nitrogen and oxygen atoms in total. The van der Waals surface area contributed by atoms with Crippen LogP contribution in [0.4, 0.5) is 19.1 Å². The number of halogens is 3. The number of hydrogen-bond donors (Lipinski definition) is 2. The Morgan fingerprint density at radius 3 is 2.52 bits per heavy atom. The Morgan fingerprint density at radius 1 is 1.12 bits per heavy atom. The lowest BCUT2D eigenvalue weighted by Gasteiger charge is -2.08. The highest BCUT2D eigenvalue weighted by molar-refractivity contribution is 5.81. The van der Waals surface area contributed by atoms with E-state index in [2.05, 4.69) is 15.4 Å². The highest BCUT2D eigenvalue weighted by Crippen LogP contribution is 2.14. The molecule has 136 valence electrons. The van der Waals surface area contributed by atoms with Crippen LogP contribution in [0.2, 0.25) is 0 Å².